The van der Waals surface area contributed by atoms with Gasteiger partial charge >= 0.3 is 0 Å². The highest BCUT2D eigenvalue weighted by molar-refractivity contribution is 5.89. The van der Waals surface area contributed by atoms with Crippen molar-refractivity contribution in [2.75, 3.05) is 6.54 Å². The minimum atomic E-state index is 0.142. The van der Waals surface area contributed by atoms with Crippen molar-refractivity contribution >= 4 is 16.9 Å². The number of aryl methyl sites for hydroxylation is 3. The van der Waals surface area contributed by atoms with Gasteiger partial charge in [0.2, 0.25) is 5.91 Å². The number of carbonyl (C=O) groups is 1. The summed E-state index contributed by atoms with van der Waals surface area (Å²) in [4.78, 5) is 15.0. The lowest BCUT2D eigenvalue weighted by atomic mass is 10.0. The fraction of sp³-hybridized carbons (Fsp3) is 0.400. The number of amides is 1. The number of rotatable bonds is 3. The van der Waals surface area contributed by atoms with Gasteiger partial charge in [-0.3, -0.25) is 9.48 Å². The van der Waals surface area contributed by atoms with Crippen LogP contribution < -0.4 is 0 Å². The summed E-state index contributed by atoms with van der Waals surface area (Å²) in [6.45, 7) is 4.95. The van der Waals surface area contributed by atoms with Gasteiger partial charge in [-0.05, 0) is 37.8 Å². The zero-order valence-corrected chi connectivity index (χ0v) is 15.0. The molecule has 0 bridgehead atoms. The fourth-order valence-corrected chi connectivity index (χ4v) is 3.81. The first-order valence-electron chi connectivity index (χ1n) is 8.79. The first-order valence-corrected chi connectivity index (χ1v) is 8.79. The van der Waals surface area contributed by atoms with Gasteiger partial charge in [-0.15, -0.1) is 0 Å². The number of likely N-dealkylation sites (tertiary alicyclic amines) is 1. The maximum absolute atomic E-state index is 13.0. The summed E-state index contributed by atoms with van der Waals surface area (Å²) >= 11 is 0. The highest BCUT2D eigenvalue weighted by Crippen LogP contribution is 2.33. The van der Waals surface area contributed by atoms with Crippen molar-refractivity contribution in [1.29, 1.82) is 0 Å². The molecule has 0 N–H and O–H groups in total. The fourth-order valence-electron chi connectivity index (χ4n) is 3.81. The lowest BCUT2D eigenvalue weighted by Crippen LogP contribution is -2.31. The van der Waals surface area contributed by atoms with Crippen molar-refractivity contribution in [3.8, 4) is 0 Å². The van der Waals surface area contributed by atoms with E-state index in [0.29, 0.717) is 6.42 Å². The Kier molecular flexibility index (Phi) is 3.86. The third-order valence-electron chi connectivity index (χ3n) is 5.37. The number of hydrogen-bond acceptors (Lipinski definition) is 3. The topological polar surface area (TPSA) is 51.3 Å². The van der Waals surface area contributed by atoms with E-state index in [4.69, 9.17) is 4.42 Å². The van der Waals surface area contributed by atoms with Crippen molar-refractivity contribution in [3.05, 3.63) is 53.0 Å². The van der Waals surface area contributed by atoms with E-state index in [1.807, 2.05) is 24.3 Å². The summed E-state index contributed by atoms with van der Waals surface area (Å²) in [5.74, 6) is 0.160. The average Bonchev–Trinajstić information content (AvgIpc) is 3.30. The third kappa shape index (κ3) is 2.73. The summed E-state index contributed by atoms with van der Waals surface area (Å²) in [5.41, 5.74) is 5.34. The number of carbonyl (C=O) groups excluding carboxylic acids is 1. The zero-order chi connectivity index (χ0) is 17.6. The Morgan fingerprint density at radius 2 is 2.20 bits per heavy atom. The van der Waals surface area contributed by atoms with E-state index in [9.17, 15) is 4.79 Å². The van der Waals surface area contributed by atoms with Crippen LogP contribution in [0.4, 0.5) is 0 Å². The summed E-state index contributed by atoms with van der Waals surface area (Å²) < 4.78 is 7.55. The van der Waals surface area contributed by atoms with E-state index < -0.39 is 0 Å². The van der Waals surface area contributed by atoms with E-state index in [2.05, 4.69) is 31.1 Å². The van der Waals surface area contributed by atoms with Gasteiger partial charge in [0.1, 0.15) is 5.58 Å². The van der Waals surface area contributed by atoms with Crippen LogP contribution in [0.1, 0.15) is 41.1 Å². The molecule has 2 aromatic heterocycles. The molecule has 0 saturated carbocycles. The average molecular weight is 337 g/mol. The first kappa shape index (κ1) is 15.9. The molecule has 1 aliphatic heterocycles. The SMILES string of the molecule is Cc1ccc2c(CC(=O)N3CCCC3c3cnn(C)c3)coc2c1C. The van der Waals surface area contributed by atoms with Gasteiger partial charge in [0.15, 0.2) is 0 Å². The minimum absolute atomic E-state index is 0.142. The Morgan fingerprint density at radius 1 is 1.36 bits per heavy atom. The molecule has 1 aliphatic rings. The second-order valence-corrected chi connectivity index (χ2v) is 7.01. The number of nitrogens with zero attached hydrogens (tertiary/aromatic N) is 3. The molecule has 25 heavy (non-hydrogen) atoms. The van der Waals surface area contributed by atoms with Gasteiger partial charge in [0, 0.05) is 36.3 Å². The molecular formula is C20H23N3O2. The van der Waals surface area contributed by atoms with Crippen LogP contribution in [0.15, 0.2) is 35.2 Å². The largest absolute Gasteiger partial charge is 0.464 e. The standard InChI is InChI=1S/C20H23N3O2/c1-13-6-7-17-15(12-25-20(17)14(13)2)9-19(24)23-8-4-5-18(23)16-10-21-22(3)11-16/h6-7,10-12,18H,4-5,8-9H2,1-3H3. The van der Waals surface area contributed by atoms with Crippen molar-refractivity contribution in [1.82, 2.24) is 14.7 Å². The monoisotopic (exact) mass is 337 g/mol. The van der Waals surface area contributed by atoms with Crippen LogP contribution in [-0.2, 0) is 18.3 Å². The Morgan fingerprint density at radius 3 is 2.96 bits per heavy atom. The molecular weight excluding hydrogens is 314 g/mol. The van der Waals surface area contributed by atoms with E-state index in [0.717, 1.165) is 47.0 Å². The van der Waals surface area contributed by atoms with Gasteiger partial charge in [0.25, 0.3) is 0 Å². The summed E-state index contributed by atoms with van der Waals surface area (Å²) in [6, 6.07) is 4.30. The molecule has 5 heteroatoms. The van der Waals surface area contributed by atoms with E-state index in [1.165, 1.54) is 5.56 Å². The number of furan rings is 1. The van der Waals surface area contributed by atoms with E-state index in [1.54, 1.807) is 10.9 Å². The van der Waals surface area contributed by atoms with Gasteiger partial charge in [0.05, 0.1) is 24.9 Å². The number of hydrogen-bond donors (Lipinski definition) is 0. The number of benzene rings is 1. The molecule has 0 spiro atoms. The highest BCUT2D eigenvalue weighted by atomic mass is 16.3. The highest BCUT2D eigenvalue weighted by Gasteiger charge is 2.31. The lowest BCUT2D eigenvalue weighted by molar-refractivity contribution is -0.131. The molecule has 3 aromatic rings. The maximum atomic E-state index is 13.0. The molecule has 1 aromatic carbocycles. The molecule has 0 radical (unpaired) electrons. The molecule has 1 atom stereocenters. The lowest BCUT2D eigenvalue weighted by Gasteiger charge is -2.23. The second-order valence-electron chi connectivity index (χ2n) is 7.01. The van der Waals surface area contributed by atoms with Crippen LogP contribution in [0.2, 0.25) is 0 Å². The molecule has 3 heterocycles. The van der Waals surface area contributed by atoms with Crippen LogP contribution in [0.5, 0.6) is 0 Å². The van der Waals surface area contributed by atoms with Crippen LogP contribution in [0.3, 0.4) is 0 Å². The first-order chi connectivity index (χ1) is 12.0. The van der Waals surface area contributed by atoms with Crippen molar-refractivity contribution in [2.24, 2.45) is 7.05 Å². The Balaban J connectivity index is 1.58. The molecule has 1 saturated heterocycles. The Labute approximate surface area is 147 Å². The van der Waals surface area contributed by atoms with Crippen LogP contribution >= 0.6 is 0 Å². The number of aromatic nitrogens is 2. The smallest absolute Gasteiger partial charge is 0.227 e. The summed E-state index contributed by atoms with van der Waals surface area (Å²) in [5, 5.41) is 5.30. The predicted octanol–water partition coefficient (Wildman–Crippen LogP) is 3.69. The van der Waals surface area contributed by atoms with Crippen molar-refractivity contribution in [3.63, 3.8) is 0 Å². The maximum Gasteiger partial charge on any atom is 0.227 e. The van der Waals surface area contributed by atoms with Crippen LogP contribution in [-0.4, -0.2) is 27.1 Å². The number of fused-ring (bicyclic) bond motifs is 1. The molecule has 1 unspecified atom stereocenters. The minimum Gasteiger partial charge on any atom is -0.464 e. The predicted molar refractivity (Wildman–Crippen MR) is 96.3 cm³/mol. The molecule has 4 rings (SSSR count). The van der Waals surface area contributed by atoms with Gasteiger partial charge in [-0.25, -0.2) is 0 Å². The van der Waals surface area contributed by atoms with Crippen molar-refractivity contribution < 1.29 is 9.21 Å². The van der Waals surface area contributed by atoms with Gasteiger partial charge in [-0.2, -0.15) is 5.10 Å². The Hall–Kier alpha value is -2.56. The van der Waals surface area contributed by atoms with Crippen LogP contribution in [0.25, 0.3) is 11.0 Å². The third-order valence-corrected chi connectivity index (χ3v) is 5.37. The quantitative estimate of drug-likeness (QED) is 0.732. The second kappa shape index (κ2) is 6.06. The molecule has 0 aliphatic carbocycles. The molecule has 1 amide bonds. The van der Waals surface area contributed by atoms with Gasteiger partial charge in [-0.1, -0.05) is 12.1 Å². The van der Waals surface area contributed by atoms with Gasteiger partial charge < -0.3 is 9.32 Å². The normalized spacial score (nSPS) is 17.6. The summed E-state index contributed by atoms with van der Waals surface area (Å²) in [7, 11) is 1.91. The van der Waals surface area contributed by atoms with Crippen LogP contribution in [0, 0.1) is 13.8 Å². The van der Waals surface area contributed by atoms with Crippen molar-refractivity contribution in [2.45, 2.75) is 39.2 Å². The zero-order valence-electron chi connectivity index (χ0n) is 15.0. The van der Waals surface area contributed by atoms with E-state index >= 15 is 0 Å². The molecule has 1 fully saturated rings. The Bertz CT molecular complexity index is 938. The molecule has 130 valence electrons. The summed E-state index contributed by atoms with van der Waals surface area (Å²) in [6.07, 6.45) is 8.04. The molecule has 5 nitrogen and oxygen atoms in total. The van der Waals surface area contributed by atoms with E-state index in [-0.39, 0.29) is 11.9 Å².